The second kappa shape index (κ2) is 6.62. The lowest BCUT2D eigenvalue weighted by Crippen LogP contribution is -2.23. The van der Waals surface area contributed by atoms with Gasteiger partial charge in [-0.05, 0) is 62.1 Å². The molecule has 1 aromatic carbocycles. The van der Waals surface area contributed by atoms with Crippen LogP contribution in [0.15, 0.2) is 30.6 Å². The molecule has 1 aromatic heterocycles. The Morgan fingerprint density at radius 2 is 1.80 bits per heavy atom. The maximum Gasteiger partial charge on any atom is 0.0544 e. The highest BCUT2D eigenvalue weighted by molar-refractivity contribution is 5.38. The van der Waals surface area contributed by atoms with E-state index >= 15 is 0 Å². The molecule has 1 N–H and O–H groups in total. The summed E-state index contributed by atoms with van der Waals surface area (Å²) in [7, 11) is 0. The molecule has 0 fully saturated rings. The van der Waals surface area contributed by atoms with Crippen LogP contribution in [0.3, 0.4) is 0 Å². The first-order chi connectivity index (χ1) is 9.61. The summed E-state index contributed by atoms with van der Waals surface area (Å²) in [6.45, 7) is 9.62. The topological polar surface area (TPSA) is 37.8 Å². The van der Waals surface area contributed by atoms with Crippen LogP contribution in [0.4, 0.5) is 0 Å². The van der Waals surface area contributed by atoms with Gasteiger partial charge in [-0.15, -0.1) is 0 Å². The molecule has 0 saturated heterocycles. The molecule has 0 spiro atoms. The summed E-state index contributed by atoms with van der Waals surface area (Å²) in [4.78, 5) is 0. The minimum Gasteiger partial charge on any atom is -0.310 e. The maximum atomic E-state index is 4.00. The first-order valence-electron chi connectivity index (χ1n) is 7.18. The molecule has 1 unspecified atom stereocenters. The molecule has 0 aliphatic rings. The van der Waals surface area contributed by atoms with E-state index in [1.54, 1.807) is 6.20 Å². The molecule has 0 radical (unpaired) electrons. The first-order valence-corrected chi connectivity index (χ1v) is 7.18. The molecule has 0 bridgehead atoms. The number of hydrogen-bond acceptors (Lipinski definition) is 3. The van der Waals surface area contributed by atoms with Gasteiger partial charge in [-0.3, -0.25) is 0 Å². The summed E-state index contributed by atoms with van der Waals surface area (Å²) in [6, 6.07) is 6.85. The molecule has 106 valence electrons. The molecule has 0 aliphatic carbocycles. The predicted molar refractivity (Wildman–Crippen MR) is 82.8 cm³/mol. The van der Waals surface area contributed by atoms with Crippen molar-refractivity contribution >= 4 is 0 Å². The fourth-order valence-corrected chi connectivity index (χ4v) is 2.80. The van der Waals surface area contributed by atoms with E-state index in [9.17, 15) is 0 Å². The van der Waals surface area contributed by atoms with Crippen LogP contribution in [0.25, 0.3) is 0 Å². The molecule has 1 atom stereocenters. The van der Waals surface area contributed by atoms with Gasteiger partial charge < -0.3 is 5.32 Å². The summed E-state index contributed by atoms with van der Waals surface area (Å²) in [6.07, 6.45) is 4.60. The number of aromatic nitrogens is 2. The summed E-state index contributed by atoms with van der Waals surface area (Å²) in [5.74, 6) is 0. The Balaban J connectivity index is 2.30. The standard InChI is InChI=1S/C17H23N3/c1-5-18-17(15-6-7-19-20-11-15)10-16-13(3)8-12(2)9-14(16)4/h6-9,11,17-18H,5,10H2,1-4H3. The van der Waals surface area contributed by atoms with Crippen molar-refractivity contribution in [2.45, 2.75) is 40.2 Å². The minimum atomic E-state index is 0.288. The van der Waals surface area contributed by atoms with E-state index in [-0.39, 0.29) is 6.04 Å². The van der Waals surface area contributed by atoms with Crippen molar-refractivity contribution in [3.8, 4) is 0 Å². The van der Waals surface area contributed by atoms with Crippen molar-refractivity contribution in [1.82, 2.24) is 15.5 Å². The molecule has 0 saturated carbocycles. The van der Waals surface area contributed by atoms with Gasteiger partial charge >= 0.3 is 0 Å². The fourth-order valence-electron chi connectivity index (χ4n) is 2.80. The van der Waals surface area contributed by atoms with Gasteiger partial charge in [0.15, 0.2) is 0 Å². The second-order valence-electron chi connectivity index (χ2n) is 5.37. The predicted octanol–water partition coefficient (Wildman–Crippen LogP) is 3.30. The van der Waals surface area contributed by atoms with Crippen molar-refractivity contribution in [3.63, 3.8) is 0 Å². The van der Waals surface area contributed by atoms with Gasteiger partial charge in [-0.2, -0.15) is 10.2 Å². The third-order valence-electron chi connectivity index (χ3n) is 3.71. The molecule has 0 aliphatic heterocycles. The van der Waals surface area contributed by atoms with Crippen LogP contribution in [0, 0.1) is 20.8 Å². The zero-order chi connectivity index (χ0) is 14.5. The molecule has 20 heavy (non-hydrogen) atoms. The Kier molecular flexibility index (Phi) is 4.85. The van der Waals surface area contributed by atoms with Gasteiger partial charge in [0.2, 0.25) is 0 Å². The molecule has 0 amide bonds. The van der Waals surface area contributed by atoms with Crippen LogP contribution < -0.4 is 5.32 Å². The summed E-state index contributed by atoms with van der Waals surface area (Å²) < 4.78 is 0. The van der Waals surface area contributed by atoms with E-state index < -0.39 is 0 Å². The number of hydrogen-bond donors (Lipinski definition) is 1. The Bertz CT molecular complexity index is 541. The first kappa shape index (κ1) is 14.7. The van der Waals surface area contributed by atoms with Crippen LogP contribution in [-0.2, 0) is 6.42 Å². The van der Waals surface area contributed by atoms with Crippen LogP contribution in [0.2, 0.25) is 0 Å². The van der Waals surface area contributed by atoms with Crippen molar-refractivity contribution in [3.05, 3.63) is 58.4 Å². The van der Waals surface area contributed by atoms with Crippen molar-refractivity contribution in [1.29, 1.82) is 0 Å². The Hall–Kier alpha value is -1.74. The second-order valence-corrected chi connectivity index (χ2v) is 5.37. The number of benzene rings is 1. The average molecular weight is 269 g/mol. The van der Waals surface area contributed by atoms with Gasteiger partial charge in [-0.1, -0.05) is 24.6 Å². The smallest absolute Gasteiger partial charge is 0.0544 e. The quantitative estimate of drug-likeness (QED) is 0.905. The number of aryl methyl sites for hydroxylation is 3. The highest BCUT2D eigenvalue weighted by atomic mass is 15.1. The molecule has 3 heteroatoms. The third-order valence-corrected chi connectivity index (χ3v) is 3.71. The van der Waals surface area contributed by atoms with Gasteiger partial charge in [-0.25, -0.2) is 0 Å². The van der Waals surface area contributed by atoms with Crippen molar-refractivity contribution < 1.29 is 0 Å². The summed E-state index contributed by atoms with van der Waals surface area (Å²) in [5.41, 5.74) is 6.69. The summed E-state index contributed by atoms with van der Waals surface area (Å²) >= 11 is 0. The molecular weight excluding hydrogens is 246 g/mol. The van der Waals surface area contributed by atoms with E-state index in [0.29, 0.717) is 0 Å². The number of nitrogens with zero attached hydrogens (tertiary/aromatic N) is 2. The highest BCUT2D eigenvalue weighted by Gasteiger charge is 2.14. The lowest BCUT2D eigenvalue weighted by Gasteiger charge is -2.21. The monoisotopic (exact) mass is 269 g/mol. The summed E-state index contributed by atoms with van der Waals surface area (Å²) in [5, 5.41) is 11.4. The molecule has 1 heterocycles. The van der Waals surface area contributed by atoms with Crippen LogP contribution in [-0.4, -0.2) is 16.7 Å². The van der Waals surface area contributed by atoms with E-state index in [0.717, 1.165) is 13.0 Å². The van der Waals surface area contributed by atoms with E-state index in [4.69, 9.17) is 0 Å². The van der Waals surface area contributed by atoms with Crippen LogP contribution in [0.1, 0.15) is 40.8 Å². The SMILES string of the molecule is CCNC(Cc1c(C)cc(C)cc1C)c1ccnnc1. The third kappa shape index (κ3) is 3.42. The van der Waals surface area contributed by atoms with Crippen LogP contribution in [0.5, 0.6) is 0 Å². The Morgan fingerprint density at radius 3 is 2.35 bits per heavy atom. The van der Waals surface area contributed by atoms with E-state index in [1.165, 1.54) is 27.8 Å². The van der Waals surface area contributed by atoms with Gasteiger partial charge in [0.05, 0.1) is 6.20 Å². The van der Waals surface area contributed by atoms with Crippen molar-refractivity contribution in [2.24, 2.45) is 0 Å². The van der Waals surface area contributed by atoms with Crippen molar-refractivity contribution in [2.75, 3.05) is 6.54 Å². The minimum absolute atomic E-state index is 0.288. The number of rotatable bonds is 5. The number of likely N-dealkylation sites (N-methyl/N-ethyl adjacent to an activating group) is 1. The molecular formula is C17H23N3. The van der Waals surface area contributed by atoms with Gasteiger partial charge in [0, 0.05) is 12.2 Å². The maximum absolute atomic E-state index is 4.00. The largest absolute Gasteiger partial charge is 0.310 e. The zero-order valence-corrected chi connectivity index (χ0v) is 12.8. The van der Waals surface area contributed by atoms with Gasteiger partial charge in [0.1, 0.15) is 0 Å². The molecule has 3 nitrogen and oxygen atoms in total. The highest BCUT2D eigenvalue weighted by Crippen LogP contribution is 2.23. The normalized spacial score (nSPS) is 12.4. The Morgan fingerprint density at radius 1 is 1.10 bits per heavy atom. The lowest BCUT2D eigenvalue weighted by molar-refractivity contribution is 0.544. The zero-order valence-electron chi connectivity index (χ0n) is 12.8. The number of nitrogens with one attached hydrogen (secondary N) is 1. The van der Waals surface area contributed by atoms with E-state index in [2.05, 4.69) is 55.3 Å². The van der Waals surface area contributed by atoms with Crippen LogP contribution >= 0.6 is 0 Å². The fraction of sp³-hybridized carbons (Fsp3) is 0.412. The van der Waals surface area contributed by atoms with E-state index in [1.807, 2.05) is 12.3 Å². The van der Waals surface area contributed by atoms with Gasteiger partial charge in [0.25, 0.3) is 0 Å². The Labute approximate surface area is 121 Å². The lowest BCUT2D eigenvalue weighted by atomic mass is 9.92. The molecule has 2 rings (SSSR count). The molecule has 2 aromatic rings. The average Bonchev–Trinajstić information content (AvgIpc) is 2.42.